The first-order valence-corrected chi connectivity index (χ1v) is 5.92. The number of esters is 2. The molecule has 0 aromatic heterocycles. The maximum atomic E-state index is 11.7. The molecule has 0 unspecified atom stereocenters. The molecule has 0 aliphatic carbocycles. The number of carbonyl (C=O) groups is 2. The number of methoxy groups -OCH3 is 2. The summed E-state index contributed by atoms with van der Waals surface area (Å²) in [6.07, 6.45) is 1.09. The minimum atomic E-state index is -0.627. The summed E-state index contributed by atoms with van der Waals surface area (Å²) in [6, 6.07) is 7.29. The van der Waals surface area contributed by atoms with Crippen molar-refractivity contribution < 1.29 is 19.1 Å². The normalized spacial score (nSPS) is 10.8. The second kappa shape index (κ2) is 7.18. The van der Waals surface area contributed by atoms with Crippen molar-refractivity contribution >= 4 is 17.6 Å². The molecule has 0 amide bonds. The monoisotopic (exact) mass is 278 g/mol. The number of likely N-dealkylation sites (N-methyl/N-ethyl adjacent to an activating group) is 1. The first kappa shape index (κ1) is 15.6. The molecule has 0 radical (unpaired) electrons. The predicted octanol–water partition coefficient (Wildman–Crippen LogP) is 0.930. The first-order valence-electron chi connectivity index (χ1n) is 5.92. The minimum Gasteiger partial charge on any atom is -0.466 e. The van der Waals surface area contributed by atoms with E-state index in [-0.39, 0.29) is 5.70 Å². The van der Waals surface area contributed by atoms with Gasteiger partial charge in [0, 0.05) is 19.3 Å². The van der Waals surface area contributed by atoms with Crippen molar-refractivity contribution in [2.75, 3.05) is 27.0 Å². The molecule has 0 fully saturated rings. The topological polar surface area (TPSA) is 81.9 Å². The standard InChI is InChI=1S/C14H18N2O4/c1-16(9-10-6-4-5-7-11(10)15)12(14(18)20-3)8-13(17)19-2/h4-8H,9,15H2,1-3H3/b12-8+. The molecule has 0 saturated carbocycles. The number of hydrogen-bond donors (Lipinski definition) is 1. The highest BCUT2D eigenvalue weighted by Gasteiger charge is 2.17. The Bertz CT molecular complexity index is 526. The van der Waals surface area contributed by atoms with Gasteiger partial charge in [-0.15, -0.1) is 0 Å². The van der Waals surface area contributed by atoms with Crippen molar-refractivity contribution in [3.8, 4) is 0 Å². The van der Waals surface area contributed by atoms with E-state index in [1.165, 1.54) is 14.2 Å². The number of nitrogen functional groups attached to an aromatic ring is 1. The van der Waals surface area contributed by atoms with E-state index in [1.54, 1.807) is 18.0 Å². The van der Waals surface area contributed by atoms with Crippen molar-refractivity contribution in [3.05, 3.63) is 41.6 Å². The van der Waals surface area contributed by atoms with Crippen LogP contribution in [0.5, 0.6) is 0 Å². The van der Waals surface area contributed by atoms with Crippen LogP contribution in [-0.2, 0) is 25.6 Å². The Balaban J connectivity index is 2.97. The van der Waals surface area contributed by atoms with Crippen molar-refractivity contribution in [2.24, 2.45) is 0 Å². The third-order valence-electron chi connectivity index (χ3n) is 2.72. The van der Waals surface area contributed by atoms with Crippen LogP contribution >= 0.6 is 0 Å². The van der Waals surface area contributed by atoms with Gasteiger partial charge in [-0.25, -0.2) is 9.59 Å². The SMILES string of the molecule is COC(=O)/C=C(\C(=O)OC)N(C)Cc1ccccc1N. The van der Waals surface area contributed by atoms with Gasteiger partial charge in [-0.1, -0.05) is 18.2 Å². The van der Waals surface area contributed by atoms with Crippen LogP contribution in [0.4, 0.5) is 5.69 Å². The van der Waals surface area contributed by atoms with E-state index in [4.69, 9.17) is 5.73 Å². The number of rotatable bonds is 5. The van der Waals surface area contributed by atoms with Gasteiger partial charge in [0.1, 0.15) is 5.70 Å². The summed E-state index contributed by atoms with van der Waals surface area (Å²) in [5, 5.41) is 0. The van der Waals surface area contributed by atoms with Crippen molar-refractivity contribution in [3.63, 3.8) is 0 Å². The highest BCUT2D eigenvalue weighted by atomic mass is 16.5. The molecule has 1 aromatic carbocycles. The van der Waals surface area contributed by atoms with E-state index >= 15 is 0 Å². The number of para-hydroxylation sites is 1. The van der Waals surface area contributed by atoms with Gasteiger partial charge in [-0.05, 0) is 11.6 Å². The van der Waals surface area contributed by atoms with E-state index in [1.807, 2.05) is 18.2 Å². The molecule has 1 rings (SSSR count). The van der Waals surface area contributed by atoms with E-state index in [2.05, 4.69) is 9.47 Å². The van der Waals surface area contributed by atoms with Crippen molar-refractivity contribution in [1.82, 2.24) is 4.90 Å². The molecule has 1 aromatic rings. The van der Waals surface area contributed by atoms with Gasteiger partial charge in [0.05, 0.1) is 20.3 Å². The zero-order chi connectivity index (χ0) is 15.1. The van der Waals surface area contributed by atoms with E-state index < -0.39 is 11.9 Å². The molecule has 0 heterocycles. The lowest BCUT2D eigenvalue weighted by Crippen LogP contribution is -2.25. The van der Waals surface area contributed by atoms with Gasteiger partial charge in [0.2, 0.25) is 0 Å². The van der Waals surface area contributed by atoms with Crippen LogP contribution in [-0.4, -0.2) is 38.1 Å². The van der Waals surface area contributed by atoms with Crippen LogP contribution in [0.25, 0.3) is 0 Å². The summed E-state index contributed by atoms with van der Waals surface area (Å²) in [7, 11) is 4.15. The second-order valence-electron chi connectivity index (χ2n) is 4.10. The maximum Gasteiger partial charge on any atom is 0.354 e. The predicted molar refractivity (Wildman–Crippen MR) is 74.4 cm³/mol. The Morgan fingerprint density at radius 2 is 1.90 bits per heavy atom. The fraction of sp³-hybridized carbons (Fsp3) is 0.286. The number of nitrogens with two attached hydrogens (primary N) is 1. The Morgan fingerprint density at radius 1 is 1.25 bits per heavy atom. The van der Waals surface area contributed by atoms with Crippen molar-refractivity contribution in [1.29, 1.82) is 0 Å². The molecular formula is C14H18N2O4. The number of ether oxygens (including phenoxy) is 2. The minimum absolute atomic E-state index is 0.0996. The zero-order valence-corrected chi connectivity index (χ0v) is 11.8. The Labute approximate surface area is 117 Å². The first-order chi connectivity index (χ1) is 9.49. The lowest BCUT2D eigenvalue weighted by atomic mass is 10.1. The maximum absolute atomic E-state index is 11.7. The van der Waals surface area contributed by atoms with Gasteiger partial charge < -0.3 is 20.1 Å². The average molecular weight is 278 g/mol. The van der Waals surface area contributed by atoms with Gasteiger partial charge in [-0.2, -0.15) is 0 Å². The summed E-state index contributed by atoms with van der Waals surface area (Å²) in [4.78, 5) is 24.6. The molecule has 0 aliphatic heterocycles. The Morgan fingerprint density at radius 3 is 2.45 bits per heavy atom. The number of nitrogens with zero attached hydrogens (tertiary/aromatic N) is 1. The number of benzene rings is 1. The van der Waals surface area contributed by atoms with Gasteiger partial charge in [0.25, 0.3) is 0 Å². The molecule has 2 N–H and O–H groups in total. The molecular weight excluding hydrogens is 260 g/mol. The molecule has 6 nitrogen and oxygen atoms in total. The lowest BCUT2D eigenvalue weighted by molar-refractivity contribution is -0.140. The fourth-order valence-electron chi connectivity index (χ4n) is 1.62. The number of carbonyl (C=O) groups excluding carboxylic acids is 2. The van der Waals surface area contributed by atoms with Gasteiger partial charge in [0.15, 0.2) is 0 Å². The lowest BCUT2D eigenvalue weighted by Gasteiger charge is -2.21. The summed E-state index contributed by atoms with van der Waals surface area (Å²) >= 11 is 0. The summed E-state index contributed by atoms with van der Waals surface area (Å²) in [5.74, 6) is -1.24. The highest BCUT2D eigenvalue weighted by Crippen LogP contribution is 2.16. The van der Waals surface area contributed by atoms with Crippen molar-refractivity contribution in [2.45, 2.75) is 6.54 Å². The number of anilines is 1. The molecule has 0 atom stereocenters. The van der Waals surface area contributed by atoms with Crippen LogP contribution in [0.1, 0.15) is 5.56 Å². The summed E-state index contributed by atoms with van der Waals surface area (Å²) in [5.41, 5.74) is 7.41. The summed E-state index contributed by atoms with van der Waals surface area (Å²) in [6.45, 7) is 0.366. The molecule has 0 bridgehead atoms. The molecule has 0 aliphatic rings. The molecule has 0 saturated heterocycles. The Hall–Kier alpha value is -2.50. The van der Waals surface area contributed by atoms with Crippen LogP contribution in [0.2, 0.25) is 0 Å². The zero-order valence-electron chi connectivity index (χ0n) is 11.8. The third kappa shape index (κ3) is 4.01. The highest BCUT2D eigenvalue weighted by molar-refractivity contribution is 5.95. The van der Waals surface area contributed by atoms with Crippen LogP contribution in [0.15, 0.2) is 36.0 Å². The van der Waals surface area contributed by atoms with E-state index in [9.17, 15) is 9.59 Å². The largest absolute Gasteiger partial charge is 0.466 e. The second-order valence-corrected chi connectivity index (χ2v) is 4.10. The molecule has 6 heteroatoms. The molecule has 20 heavy (non-hydrogen) atoms. The van der Waals surface area contributed by atoms with E-state index in [0.717, 1.165) is 11.6 Å². The average Bonchev–Trinajstić information content (AvgIpc) is 2.45. The summed E-state index contributed by atoms with van der Waals surface area (Å²) < 4.78 is 9.18. The van der Waals surface area contributed by atoms with Gasteiger partial charge in [-0.3, -0.25) is 0 Å². The molecule has 108 valence electrons. The Kier molecular flexibility index (Phi) is 5.58. The quantitative estimate of drug-likeness (QED) is 0.490. The fourth-order valence-corrected chi connectivity index (χ4v) is 1.62. The van der Waals surface area contributed by atoms with Crippen LogP contribution < -0.4 is 5.73 Å². The van der Waals surface area contributed by atoms with Crippen LogP contribution in [0, 0.1) is 0 Å². The van der Waals surface area contributed by atoms with Gasteiger partial charge >= 0.3 is 11.9 Å². The molecule has 0 spiro atoms. The van der Waals surface area contributed by atoms with E-state index in [0.29, 0.717) is 12.2 Å². The van der Waals surface area contributed by atoms with Crippen LogP contribution in [0.3, 0.4) is 0 Å². The number of hydrogen-bond acceptors (Lipinski definition) is 6. The smallest absolute Gasteiger partial charge is 0.354 e. The third-order valence-corrected chi connectivity index (χ3v) is 2.72.